The van der Waals surface area contributed by atoms with Crippen molar-refractivity contribution in [2.45, 2.75) is 31.5 Å². The summed E-state index contributed by atoms with van der Waals surface area (Å²) >= 11 is 0. The van der Waals surface area contributed by atoms with Gasteiger partial charge in [0.05, 0.1) is 30.1 Å². The van der Waals surface area contributed by atoms with Gasteiger partial charge in [0.1, 0.15) is 42.1 Å². The zero-order chi connectivity index (χ0) is 29.4. The lowest BCUT2D eigenvalue weighted by molar-refractivity contribution is 0.0947. The zero-order valence-corrected chi connectivity index (χ0v) is 22.8. The molecular formula is C28H27FN10O3. The van der Waals surface area contributed by atoms with Crippen LogP contribution in [0, 0.1) is 5.82 Å². The molecule has 3 heterocycles. The summed E-state index contributed by atoms with van der Waals surface area (Å²) in [6.07, 6.45) is 5.68. The van der Waals surface area contributed by atoms with Crippen molar-refractivity contribution in [3.8, 4) is 17.0 Å². The van der Waals surface area contributed by atoms with Gasteiger partial charge < -0.3 is 20.7 Å². The minimum atomic E-state index is -0.526. The minimum Gasteiger partial charge on any atom is -0.496 e. The van der Waals surface area contributed by atoms with Gasteiger partial charge in [0.25, 0.3) is 5.91 Å². The summed E-state index contributed by atoms with van der Waals surface area (Å²) in [6, 6.07) is 10.7. The number of hydrogen-bond donors (Lipinski definition) is 2. The Hall–Kier alpha value is -5.40. The fraction of sp³-hybridized carbons (Fsp3) is 0.250. The largest absolute Gasteiger partial charge is 0.496 e. The molecule has 42 heavy (non-hydrogen) atoms. The van der Waals surface area contributed by atoms with E-state index in [0.29, 0.717) is 22.5 Å². The van der Waals surface area contributed by atoms with Crippen molar-refractivity contribution in [1.82, 2.24) is 44.7 Å². The van der Waals surface area contributed by atoms with Crippen LogP contribution in [0.3, 0.4) is 0 Å². The predicted molar refractivity (Wildman–Crippen MR) is 150 cm³/mol. The van der Waals surface area contributed by atoms with Gasteiger partial charge in [-0.05, 0) is 36.6 Å². The van der Waals surface area contributed by atoms with Crippen LogP contribution in [0.2, 0.25) is 0 Å². The van der Waals surface area contributed by atoms with Crippen LogP contribution < -0.4 is 15.8 Å². The SMILES string of the molecule is COc1ccc(F)cc1C(=O)NCc1ccc(-c2nn(C3CCC3N(C)C(=O)n3cncn3)c3ncnc(N)c23)cc1. The molecule has 1 aliphatic rings. The number of rotatable bonds is 7. The van der Waals surface area contributed by atoms with Crippen molar-refractivity contribution in [3.63, 3.8) is 0 Å². The summed E-state index contributed by atoms with van der Waals surface area (Å²) in [6.45, 7) is 0.217. The summed E-state index contributed by atoms with van der Waals surface area (Å²) < 4.78 is 21.9. The van der Waals surface area contributed by atoms with Gasteiger partial charge in [-0.15, -0.1) is 0 Å². The van der Waals surface area contributed by atoms with Crippen LogP contribution in [-0.2, 0) is 6.54 Å². The van der Waals surface area contributed by atoms with Gasteiger partial charge in [-0.2, -0.15) is 14.9 Å². The van der Waals surface area contributed by atoms with Crippen molar-refractivity contribution < 1.29 is 18.7 Å². The molecule has 1 saturated carbocycles. The first kappa shape index (κ1) is 26.8. The number of halogens is 1. The molecule has 0 saturated heterocycles. The van der Waals surface area contributed by atoms with E-state index in [2.05, 4.69) is 25.4 Å². The van der Waals surface area contributed by atoms with Gasteiger partial charge in [0.15, 0.2) is 5.65 Å². The number of nitrogens with two attached hydrogens (primary N) is 1. The van der Waals surface area contributed by atoms with Crippen LogP contribution in [0.1, 0.15) is 34.8 Å². The second kappa shape index (κ2) is 10.9. The molecule has 214 valence electrons. The van der Waals surface area contributed by atoms with Crippen LogP contribution in [0.4, 0.5) is 15.0 Å². The molecule has 6 rings (SSSR count). The molecule has 1 aliphatic carbocycles. The molecule has 2 amide bonds. The maximum absolute atomic E-state index is 13.7. The molecule has 2 aromatic carbocycles. The van der Waals surface area contributed by atoms with Crippen LogP contribution >= 0.6 is 0 Å². The van der Waals surface area contributed by atoms with E-state index in [1.165, 1.54) is 42.9 Å². The first-order chi connectivity index (χ1) is 20.4. The maximum atomic E-state index is 13.7. The van der Waals surface area contributed by atoms with E-state index in [9.17, 15) is 14.0 Å². The molecule has 1 fully saturated rings. The Morgan fingerprint density at radius 1 is 1.14 bits per heavy atom. The number of aromatic nitrogens is 7. The predicted octanol–water partition coefficient (Wildman–Crippen LogP) is 3.05. The molecule has 3 aromatic heterocycles. The van der Waals surface area contributed by atoms with E-state index in [-0.39, 0.29) is 36.0 Å². The van der Waals surface area contributed by atoms with Crippen molar-refractivity contribution in [3.05, 3.63) is 78.4 Å². The smallest absolute Gasteiger partial charge is 0.346 e. The summed E-state index contributed by atoms with van der Waals surface area (Å²) in [7, 11) is 3.16. The van der Waals surface area contributed by atoms with Crippen LogP contribution in [0.5, 0.6) is 5.75 Å². The zero-order valence-electron chi connectivity index (χ0n) is 22.8. The van der Waals surface area contributed by atoms with Crippen LogP contribution in [0.25, 0.3) is 22.3 Å². The Morgan fingerprint density at radius 2 is 1.95 bits per heavy atom. The minimum absolute atomic E-state index is 0.115. The molecule has 3 N–H and O–H groups in total. The number of nitrogens with one attached hydrogen (secondary N) is 1. The first-order valence-electron chi connectivity index (χ1n) is 13.2. The lowest BCUT2D eigenvalue weighted by Crippen LogP contribution is -2.50. The quantitative estimate of drug-likeness (QED) is 0.300. The molecule has 0 aliphatic heterocycles. The number of amides is 2. The van der Waals surface area contributed by atoms with Gasteiger partial charge in [-0.25, -0.2) is 28.8 Å². The summed E-state index contributed by atoms with van der Waals surface area (Å²) in [5.41, 5.74) is 9.21. The number of fused-ring (bicyclic) bond motifs is 1. The number of benzene rings is 2. The number of carbonyl (C=O) groups is 2. The molecule has 0 radical (unpaired) electrons. The van der Waals surface area contributed by atoms with Gasteiger partial charge in [0, 0.05) is 19.2 Å². The van der Waals surface area contributed by atoms with Crippen molar-refractivity contribution in [1.29, 1.82) is 0 Å². The van der Waals surface area contributed by atoms with Crippen molar-refractivity contribution in [2.75, 3.05) is 19.9 Å². The topological polar surface area (TPSA) is 159 Å². The van der Waals surface area contributed by atoms with Gasteiger partial charge >= 0.3 is 6.03 Å². The van der Waals surface area contributed by atoms with Crippen LogP contribution in [0.15, 0.2) is 61.4 Å². The average Bonchev–Trinajstić information content (AvgIpc) is 3.65. The van der Waals surface area contributed by atoms with Gasteiger partial charge in [0.2, 0.25) is 0 Å². The third kappa shape index (κ3) is 4.76. The lowest BCUT2D eigenvalue weighted by Gasteiger charge is -2.42. The number of nitrogens with zero attached hydrogens (tertiary/aromatic N) is 8. The number of methoxy groups -OCH3 is 1. The van der Waals surface area contributed by atoms with Crippen LogP contribution in [-0.4, -0.2) is 71.6 Å². The highest BCUT2D eigenvalue weighted by atomic mass is 19.1. The van der Waals surface area contributed by atoms with Crippen molar-refractivity contribution >= 4 is 28.8 Å². The molecule has 2 atom stereocenters. The van der Waals surface area contributed by atoms with E-state index in [0.717, 1.165) is 30.0 Å². The molecule has 0 bridgehead atoms. The third-order valence-electron chi connectivity index (χ3n) is 7.54. The Morgan fingerprint density at radius 3 is 2.64 bits per heavy atom. The Bertz CT molecular complexity index is 1770. The molecule has 13 nitrogen and oxygen atoms in total. The van der Waals surface area contributed by atoms with E-state index in [4.69, 9.17) is 15.6 Å². The summed E-state index contributed by atoms with van der Waals surface area (Å²) in [4.78, 5) is 39.7. The van der Waals surface area contributed by atoms with E-state index < -0.39 is 11.7 Å². The van der Waals surface area contributed by atoms with E-state index >= 15 is 0 Å². The van der Waals surface area contributed by atoms with Gasteiger partial charge in [-0.3, -0.25) is 4.79 Å². The molecule has 14 heteroatoms. The second-order valence-corrected chi connectivity index (χ2v) is 9.92. The number of anilines is 1. The highest BCUT2D eigenvalue weighted by Gasteiger charge is 2.40. The van der Waals surface area contributed by atoms with Gasteiger partial charge in [-0.1, -0.05) is 24.3 Å². The summed E-state index contributed by atoms with van der Waals surface area (Å²) in [5.74, 6) is -0.395. The van der Waals surface area contributed by atoms with E-state index in [1.807, 2.05) is 28.9 Å². The fourth-order valence-electron chi connectivity index (χ4n) is 5.16. The number of likely N-dealkylation sites (N-methyl/N-ethyl adjacent to an activating group) is 1. The Balaban J connectivity index is 1.24. The van der Waals surface area contributed by atoms with Crippen molar-refractivity contribution in [2.24, 2.45) is 0 Å². The monoisotopic (exact) mass is 570 g/mol. The first-order valence-corrected chi connectivity index (χ1v) is 13.2. The number of hydrogen-bond acceptors (Lipinski definition) is 9. The molecule has 2 unspecified atom stereocenters. The molecule has 5 aromatic rings. The molecule has 0 spiro atoms. The Kier molecular flexibility index (Phi) is 6.94. The molecular weight excluding hydrogens is 543 g/mol. The van der Waals surface area contributed by atoms with E-state index in [1.54, 1.807) is 11.9 Å². The second-order valence-electron chi connectivity index (χ2n) is 9.92. The fourth-order valence-corrected chi connectivity index (χ4v) is 5.16. The Labute approximate surface area is 239 Å². The number of ether oxygens (including phenoxy) is 1. The number of nitrogen functional groups attached to an aromatic ring is 1. The third-order valence-corrected chi connectivity index (χ3v) is 7.54. The number of carbonyl (C=O) groups excluding carboxylic acids is 2. The maximum Gasteiger partial charge on any atom is 0.346 e. The highest BCUT2D eigenvalue weighted by Crippen LogP contribution is 2.40. The summed E-state index contributed by atoms with van der Waals surface area (Å²) in [5, 5.41) is 12.3. The standard InChI is InChI=1S/C28H27FN10O3/c1-37(28(41)38-15-31-13-35-38)20-8-9-21(20)39-26-23(25(30)33-14-34-26)24(36-39)17-5-3-16(4-6-17)12-32-27(40)19-11-18(29)7-10-22(19)42-2/h3-7,10-11,13-15,20-21H,8-9,12H2,1-2H3,(H,32,40)(H2,30,33,34). The highest BCUT2D eigenvalue weighted by molar-refractivity contribution is 5.98. The lowest BCUT2D eigenvalue weighted by atomic mass is 9.85. The normalized spacial score (nSPS) is 16.2. The average molecular weight is 571 g/mol.